The van der Waals surface area contributed by atoms with Gasteiger partial charge in [0, 0.05) is 6.42 Å². The Morgan fingerprint density at radius 3 is 2.85 bits per heavy atom. The first-order chi connectivity index (χ1) is 9.63. The summed E-state index contributed by atoms with van der Waals surface area (Å²) >= 11 is 0. The van der Waals surface area contributed by atoms with E-state index in [9.17, 15) is 9.18 Å². The fraction of sp³-hybridized carbons (Fsp3) is 0.357. The van der Waals surface area contributed by atoms with E-state index in [0.29, 0.717) is 11.4 Å². The molecule has 0 bridgehead atoms. The topological polar surface area (TPSA) is 67.9 Å². The number of benzene rings is 1. The van der Waals surface area contributed by atoms with Crippen LogP contribution in [0.2, 0.25) is 0 Å². The van der Waals surface area contributed by atoms with Crippen molar-refractivity contribution in [1.29, 1.82) is 0 Å². The number of rotatable bonds is 5. The molecular formula is C14H16FN3O2. The summed E-state index contributed by atoms with van der Waals surface area (Å²) in [5, 5.41) is 7.54. The summed E-state index contributed by atoms with van der Waals surface area (Å²) in [4.78, 5) is 14.2. The number of hydrogen-bond donors (Lipinski definition) is 1. The van der Waals surface area contributed by atoms with Crippen molar-refractivity contribution in [1.82, 2.24) is 15.2 Å². The lowest BCUT2D eigenvalue weighted by molar-refractivity contribution is 0.0512. The van der Waals surface area contributed by atoms with Crippen LogP contribution in [0, 0.1) is 5.82 Å². The molecule has 0 radical (unpaired) electrons. The number of hydrogen-bond acceptors (Lipinski definition) is 4. The van der Waals surface area contributed by atoms with E-state index in [2.05, 4.69) is 15.2 Å². The highest BCUT2D eigenvalue weighted by molar-refractivity contribution is 5.84. The van der Waals surface area contributed by atoms with Gasteiger partial charge in [0.15, 0.2) is 0 Å². The van der Waals surface area contributed by atoms with Crippen molar-refractivity contribution < 1.29 is 13.9 Å². The molecule has 2 aromatic rings. The number of ether oxygens (including phenoxy) is 1. The van der Waals surface area contributed by atoms with E-state index >= 15 is 0 Å². The van der Waals surface area contributed by atoms with Gasteiger partial charge in [-0.3, -0.25) is 0 Å². The van der Waals surface area contributed by atoms with Crippen molar-refractivity contribution in [2.24, 2.45) is 0 Å². The molecule has 0 spiro atoms. The molecule has 0 aliphatic rings. The molecule has 0 atom stereocenters. The third-order valence-corrected chi connectivity index (χ3v) is 2.88. The van der Waals surface area contributed by atoms with Crippen LogP contribution < -0.4 is 0 Å². The molecule has 0 fully saturated rings. The van der Waals surface area contributed by atoms with Crippen molar-refractivity contribution in [2.45, 2.75) is 26.7 Å². The van der Waals surface area contributed by atoms with E-state index in [4.69, 9.17) is 4.74 Å². The number of halogens is 1. The number of carbonyl (C=O) groups excluding carboxylic acids is 1. The van der Waals surface area contributed by atoms with E-state index in [0.717, 1.165) is 12.0 Å². The lowest BCUT2D eigenvalue weighted by atomic mass is 10.1. The summed E-state index contributed by atoms with van der Waals surface area (Å²) in [7, 11) is 0. The highest BCUT2D eigenvalue weighted by Gasteiger charge is 2.14. The van der Waals surface area contributed by atoms with Gasteiger partial charge in [-0.2, -0.15) is 0 Å². The molecule has 1 aromatic heterocycles. The van der Waals surface area contributed by atoms with Crippen LogP contribution in [0.4, 0.5) is 4.39 Å². The maximum absolute atomic E-state index is 13.7. The third-order valence-electron chi connectivity index (χ3n) is 2.88. The normalized spacial score (nSPS) is 10.6. The van der Waals surface area contributed by atoms with Crippen LogP contribution in [-0.4, -0.2) is 27.8 Å². The highest BCUT2D eigenvalue weighted by Crippen LogP contribution is 2.14. The number of esters is 1. The average Bonchev–Trinajstić information content (AvgIpc) is 2.90. The molecule has 2 rings (SSSR count). The number of carbonyl (C=O) groups is 1. The summed E-state index contributed by atoms with van der Waals surface area (Å²) in [6.07, 6.45) is 1.09. The fourth-order valence-corrected chi connectivity index (χ4v) is 1.83. The van der Waals surface area contributed by atoms with Crippen LogP contribution in [0.25, 0.3) is 0 Å². The van der Waals surface area contributed by atoms with Gasteiger partial charge in [0.25, 0.3) is 0 Å². The predicted octanol–water partition coefficient (Wildman–Crippen LogP) is 2.27. The zero-order valence-corrected chi connectivity index (χ0v) is 11.4. The number of nitrogens with one attached hydrogen (secondary N) is 1. The van der Waals surface area contributed by atoms with Gasteiger partial charge in [0.05, 0.1) is 6.61 Å². The first kappa shape index (κ1) is 14.2. The standard InChI is InChI=1S/C14H16FN3O2/c1-3-9-5-6-11(15)10(7-9)8-12-16-13(18-17-12)14(19)20-4-2/h5-7H,3-4,8H2,1-2H3,(H,16,17,18). The van der Waals surface area contributed by atoms with E-state index in [-0.39, 0.29) is 24.7 Å². The Balaban J connectivity index is 2.16. The minimum atomic E-state index is -0.561. The van der Waals surface area contributed by atoms with Gasteiger partial charge < -0.3 is 9.72 Å². The Labute approximate surface area is 116 Å². The van der Waals surface area contributed by atoms with E-state index in [1.54, 1.807) is 19.1 Å². The number of aromatic nitrogens is 3. The quantitative estimate of drug-likeness (QED) is 0.851. The molecule has 1 aromatic carbocycles. The average molecular weight is 277 g/mol. The number of H-pyrrole nitrogens is 1. The predicted molar refractivity (Wildman–Crippen MR) is 70.9 cm³/mol. The second-order valence-corrected chi connectivity index (χ2v) is 4.30. The summed E-state index contributed by atoms with van der Waals surface area (Å²) in [6.45, 7) is 3.98. The van der Waals surface area contributed by atoms with Crippen LogP contribution in [0.5, 0.6) is 0 Å². The van der Waals surface area contributed by atoms with Gasteiger partial charge in [0.1, 0.15) is 11.6 Å². The second-order valence-electron chi connectivity index (χ2n) is 4.30. The first-order valence-electron chi connectivity index (χ1n) is 6.50. The molecule has 1 heterocycles. The summed E-state index contributed by atoms with van der Waals surface area (Å²) in [5.74, 6) is -0.389. The molecule has 0 unspecified atom stereocenters. The molecular weight excluding hydrogens is 261 g/mol. The lowest BCUT2D eigenvalue weighted by Gasteiger charge is -2.03. The van der Waals surface area contributed by atoms with Crippen LogP contribution in [0.1, 0.15) is 41.4 Å². The van der Waals surface area contributed by atoms with Crippen LogP contribution >= 0.6 is 0 Å². The van der Waals surface area contributed by atoms with Gasteiger partial charge in [-0.25, -0.2) is 9.18 Å². The van der Waals surface area contributed by atoms with Gasteiger partial charge in [-0.15, -0.1) is 10.2 Å². The largest absolute Gasteiger partial charge is 0.460 e. The summed E-state index contributed by atoms with van der Waals surface area (Å²) in [5.41, 5.74) is 1.57. The van der Waals surface area contributed by atoms with Crippen molar-refractivity contribution in [3.05, 3.63) is 46.8 Å². The van der Waals surface area contributed by atoms with Gasteiger partial charge >= 0.3 is 5.97 Å². The number of nitrogens with zero attached hydrogens (tertiary/aromatic N) is 2. The van der Waals surface area contributed by atoms with Crippen LogP contribution in [0.3, 0.4) is 0 Å². The Morgan fingerprint density at radius 2 is 2.15 bits per heavy atom. The van der Waals surface area contributed by atoms with Crippen molar-refractivity contribution in [3.8, 4) is 0 Å². The van der Waals surface area contributed by atoms with Crippen molar-refractivity contribution >= 4 is 5.97 Å². The second kappa shape index (κ2) is 6.27. The molecule has 0 aliphatic carbocycles. The molecule has 1 N–H and O–H groups in total. The van der Waals surface area contributed by atoms with Gasteiger partial charge in [-0.05, 0) is 30.5 Å². The molecule has 106 valence electrons. The zero-order chi connectivity index (χ0) is 14.5. The third kappa shape index (κ3) is 3.20. The molecule has 0 saturated carbocycles. The number of aryl methyl sites for hydroxylation is 1. The zero-order valence-electron chi connectivity index (χ0n) is 11.4. The van der Waals surface area contributed by atoms with Gasteiger partial charge in [-0.1, -0.05) is 19.1 Å². The highest BCUT2D eigenvalue weighted by atomic mass is 19.1. The van der Waals surface area contributed by atoms with Gasteiger partial charge in [0.2, 0.25) is 5.82 Å². The monoisotopic (exact) mass is 277 g/mol. The van der Waals surface area contributed by atoms with Crippen molar-refractivity contribution in [3.63, 3.8) is 0 Å². The SMILES string of the molecule is CCOC(=O)c1nnc(Cc2cc(CC)ccc2F)[nH]1. The molecule has 0 amide bonds. The van der Waals surface area contributed by atoms with E-state index < -0.39 is 5.97 Å². The van der Waals surface area contributed by atoms with Crippen LogP contribution in [-0.2, 0) is 17.6 Å². The molecule has 6 heteroatoms. The van der Waals surface area contributed by atoms with Crippen LogP contribution in [0.15, 0.2) is 18.2 Å². The summed E-state index contributed by atoms with van der Waals surface area (Å²) < 4.78 is 18.5. The molecule has 20 heavy (non-hydrogen) atoms. The molecule has 5 nitrogen and oxygen atoms in total. The lowest BCUT2D eigenvalue weighted by Crippen LogP contribution is -2.06. The minimum absolute atomic E-state index is 0.0360. The smallest absolute Gasteiger partial charge is 0.376 e. The molecule has 0 aliphatic heterocycles. The maximum atomic E-state index is 13.7. The summed E-state index contributed by atoms with van der Waals surface area (Å²) in [6, 6.07) is 4.99. The Morgan fingerprint density at radius 1 is 1.35 bits per heavy atom. The maximum Gasteiger partial charge on any atom is 0.376 e. The fourth-order valence-electron chi connectivity index (χ4n) is 1.83. The Hall–Kier alpha value is -2.24. The Kier molecular flexibility index (Phi) is 4.45. The first-order valence-corrected chi connectivity index (χ1v) is 6.50. The number of aromatic amines is 1. The van der Waals surface area contributed by atoms with Crippen molar-refractivity contribution in [2.75, 3.05) is 6.61 Å². The van der Waals surface area contributed by atoms with E-state index in [1.165, 1.54) is 6.07 Å². The minimum Gasteiger partial charge on any atom is -0.460 e. The molecule has 0 saturated heterocycles. The Bertz CT molecular complexity index is 610. The van der Waals surface area contributed by atoms with E-state index in [1.807, 2.05) is 6.92 Å².